The molecule has 1 saturated heterocycles. The predicted octanol–water partition coefficient (Wildman–Crippen LogP) is 2.55. The lowest BCUT2D eigenvalue weighted by molar-refractivity contribution is -0.126. The van der Waals surface area contributed by atoms with Crippen molar-refractivity contribution in [2.75, 3.05) is 13.1 Å². The Morgan fingerprint density at radius 3 is 2.59 bits per heavy atom. The first kappa shape index (κ1) is 19.3. The van der Waals surface area contributed by atoms with Crippen molar-refractivity contribution in [2.45, 2.75) is 24.7 Å². The van der Waals surface area contributed by atoms with Crippen LogP contribution in [-0.4, -0.2) is 37.9 Å². The molecule has 3 rings (SSSR count). The molecule has 142 valence electrons. The van der Waals surface area contributed by atoms with Crippen molar-refractivity contribution >= 4 is 22.1 Å². The van der Waals surface area contributed by atoms with E-state index in [0.717, 1.165) is 5.56 Å². The van der Waals surface area contributed by atoms with Crippen molar-refractivity contribution in [1.29, 1.82) is 0 Å². The predicted molar refractivity (Wildman–Crippen MR) is 105 cm³/mol. The topological polar surface area (TPSA) is 78.8 Å². The number of piperidine rings is 1. The Hall–Kier alpha value is -2.51. The Morgan fingerprint density at radius 2 is 1.85 bits per heavy atom. The van der Waals surface area contributed by atoms with E-state index >= 15 is 0 Å². The van der Waals surface area contributed by atoms with Gasteiger partial charge in [0, 0.05) is 13.1 Å². The molecular formula is C20H23N3O3S. The lowest BCUT2D eigenvalue weighted by Crippen LogP contribution is -2.44. The van der Waals surface area contributed by atoms with E-state index in [9.17, 15) is 13.2 Å². The lowest BCUT2D eigenvalue weighted by atomic mass is 9.99. The number of carbonyl (C=O) groups is 1. The van der Waals surface area contributed by atoms with Gasteiger partial charge in [-0.3, -0.25) is 4.79 Å². The Bertz CT molecular complexity index is 926. The van der Waals surface area contributed by atoms with Gasteiger partial charge in [-0.2, -0.15) is 9.41 Å². The van der Waals surface area contributed by atoms with E-state index in [0.29, 0.717) is 29.8 Å². The van der Waals surface area contributed by atoms with Crippen LogP contribution in [0.3, 0.4) is 0 Å². The molecule has 1 aliphatic rings. The van der Waals surface area contributed by atoms with Crippen LogP contribution in [0.2, 0.25) is 0 Å². The number of rotatable bonds is 5. The summed E-state index contributed by atoms with van der Waals surface area (Å²) in [7, 11) is -3.61. The first-order valence-electron chi connectivity index (χ1n) is 8.92. The van der Waals surface area contributed by atoms with E-state index in [-0.39, 0.29) is 12.5 Å². The normalized spacial score (nSPS) is 18.5. The zero-order chi connectivity index (χ0) is 19.3. The molecule has 0 aromatic heterocycles. The number of amides is 1. The molecule has 7 heteroatoms. The molecule has 0 aliphatic carbocycles. The Balaban J connectivity index is 1.66. The van der Waals surface area contributed by atoms with Gasteiger partial charge < -0.3 is 0 Å². The molecule has 0 spiro atoms. The minimum atomic E-state index is -3.61. The zero-order valence-corrected chi connectivity index (χ0v) is 16.0. The summed E-state index contributed by atoms with van der Waals surface area (Å²) in [5.41, 5.74) is 4.12. The molecule has 0 saturated carbocycles. The number of nitrogens with zero attached hydrogens (tertiary/aromatic N) is 2. The summed E-state index contributed by atoms with van der Waals surface area (Å²) < 4.78 is 27.3. The number of hydrogen-bond donors (Lipinski definition) is 1. The fourth-order valence-electron chi connectivity index (χ4n) is 3.16. The number of sulfonamides is 1. The van der Waals surface area contributed by atoms with E-state index in [1.165, 1.54) is 4.31 Å². The summed E-state index contributed by atoms with van der Waals surface area (Å²) in [6, 6.07) is 16.4. The monoisotopic (exact) mass is 385 g/mol. The number of hydrogen-bond acceptors (Lipinski definition) is 4. The highest BCUT2D eigenvalue weighted by atomic mass is 32.2. The molecular weight excluding hydrogens is 362 g/mol. The summed E-state index contributed by atoms with van der Waals surface area (Å²) in [6.45, 7) is 2.37. The van der Waals surface area contributed by atoms with Crippen LogP contribution < -0.4 is 5.43 Å². The second-order valence-corrected chi connectivity index (χ2v) is 8.52. The van der Waals surface area contributed by atoms with Crippen molar-refractivity contribution in [2.24, 2.45) is 11.0 Å². The number of aryl methyl sites for hydroxylation is 1. The minimum absolute atomic E-state index is 0.170. The van der Waals surface area contributed by atoms with E-state index in [1.807, 2.05) is 36.4 Å². The van der Waals surface area contributed by atoms with Crippen molar-refractivity contribution in [1.82, 2.24) is 9.73 Å². The number of carbonyl (C=O) groups excluding carboxylic acids is 1. The molecule has 0 radical (unpaired) electrons. The summed E-state index contributed by atoms with van der Waals surface area (Å²) >= 11 is 0. The highest BCUT2D eigenvalue weighted by Crippen LogP contribution is 2.25. The fraction of sp³-hybridized carbons (Fsp3) is 0.300. The maximum atomic E-state index is 12.9. The van der Waals surface area contributed by atoms with Crippen molar-refractivity contribution in [3.63, 3.8) is 0 Å². The smallest absolute Gasteiger partial charge is 0.244 e. The van der Waals surface area contributed by atoms with Crippen LogP contribution in [0.1, 0.15) is 24.0 Å². The van der Waals surface area contributed by atoms with Crippen LogP contribution in [-0.2, 0) is 14.8 Å². The number of hydrazone groups is 1. The second-order valence-electron chi connectivity index (χ2n) is 6.61. The fourth-order valence-corrected chi connectivity index (χ4v) is 4.91. The minimum Gasteiger partial charge on any atom is -0.273 e. The first-order chi connectivity index (χ1) is 13.0. The van der Waals surface area contributed by atoms with Crippen LogP contribution in [0.4, 0.5) is 0 Å². The molecule has 1 atom stereocenters. The van der Waals surface area contributed by atoms with E-state index in [2.05, 4.69) is 10.5 Å². The quantitative estimate of drug-likeness (QED) is 0.635. The summed E-state index contributed by atoms with van der Waals surface area (Å²) in [4.78, 5) is 12.7. The average molecular weight is 385 g/mol. The summed E-state index contributed by atoms with van der Waals surface area (Å²) in [5.74, 6) is -0.669. The second kappa shape index (κ2) is 8.45. The van der Waals surface area contributed by atoms with Gasteiger partial charge in [-0.15, -0.1) is 0 Å². The highest BCUT2D eigenvalue weighted by Gasteiger charge is 2.33. The third kappa shape index (κ3) is 4.61. The third-order valence-corrected chi connectivity index (χ3v) is 6.68. The van der Waals surface area contributed by atoms with E-state index < -0.39 is 15.9 Å². The van der Waals surface area contributed by atoms with Crippen molar-refractivity contribution in [3.05, 3.63) is 65.7 Å². The molecule has 2 aromatic carbocycles. The Kier molecular flexibility index (Phi) is 6.03. The molecule has 1 amide bonds. The molecule has 1 N–H and O–H groups in total. The molecule has 6 nitrogen and oxygen atoms in total. The van der Waals surface area contributed by atoms with Gasteiger partial charge in [-0.1, -0.05) is 48.5 Å². The molecule has 27 heavy (non-hydrogen) atoms. The molecule has 1 heterocycles. The summed E-state index contributed by atoms with van der Waals surface area (Å²) in [6.07, 6.45) is 2.86. The van der Waals surface area contributed by atoms with Crippen LogP contribution in [0.25, 0.3) is 0 Å². The largest absolute Gasteiger partial charge is 0.273 e. The van der Waals surface area contributed by atoms with Gasteiger partial charge in [-0.25, -0.2) is 13.8 Å². The van der Waals surface area contributed by atoms with Crippen LogP contribution >= 0.6 is 0 Å². The van der Waals surface area contributed by atoms with Gasteiger partial charge in [0.05, 0.1) is 17.0 Å². The standard InChI is InChI=1S/C20H23N3O3S/c1-16-8-5-6-12-19(16)27(25,26)23-13-7-11-18(15-23)20(24)22-21-14-17-9-3-2-4-10-17/h2-6,8-10,12,14,18H,7,11,13,15H2,1H3,(H,22,24)/b21-14+. The van der Waals surface area contributed by atoms with Crippen molar-refractivity contribution < 1.29 is 13.2 Å². The SMILES string of the molecule is Cc1ccccc1S(=O)(=O)N1CCCC(C(=O)N/N=C/c2ccccc2)C1. The Morgan fingerprint density at radius 1 is 1.15 bits per heavy atom. The zero-order valence-electron chi connectivity index (χ0n) is 15.2. The van der Waals surface area contributed by atoms with Gasteiger partial charge >= 0.3 is 0 Å². The summed E-state index contributed by atoms with van der Waals surface area (Å²) in [5, 5.41) is 3.98. The maximum absolute atomic E-state index is 12.9. The molecule has 1 fully saturated rings. The molecule has 0 bridgehead atoms. The van der Waals surface area contributed by atoms with Crippen molar-refractivity contribution in [3.8, 4) is 0 Å². The first-order valence-corrected chi connectivity index (χ1v) is 10.4. The molecule has 1 aliphatic heterocycles. The van der Waals surface area contributed by atoms with Gasteiger partial charge in [0.2, 0.25) is 15.9 Å². The number of nitrogens with one attached hydrogen (secondary N) is 1. The number of benzene rings is 2. The van der Waals surface area contributed by atoms with Gasteiger partial charge in [0.15, 0.2) is 0 Å². The molecule has 2 aromatic rings. The van der Waals surface area contributed by atoms with E-state index in [1.54, 1.807) is 31.3 Å². The van der Waals surface area contributed by atoms with Crippen LogP contribution in [0.5, 0.6) is 0 Å². The third-order valence-electron chi connectivity index (χ3n) is 4.65. The highest BCUT2D eigenvalue weighted by molar-refractivity contribution is 7.89. The van der Waals surface area contributed by atoms with E-state index in [4.69, 9.17) is 0 Å². The molecule has 1 unspecified atom stereocenters. The van der Waals surface area contributed by atoms with Gasteiger partial charge in [0.25, 0.3) is 0 Å². The Labute approximate surface area is 159 Å². The maximum Gasteiger partial charge on any atom is 0.244 e. The van der Waals surface area contributed by atoms with Crippen LogP contribution in [0, 0.1) is 12.8 Å². The van der Waals surface area contributed by atoms with Gasteiger partial charge in [0.1, 0.15) is 0 Å². The van der Waals surface area contributed by atoms with Crippen LogP contribution in [0.15, 0.2) is 64.6 Å². The lowest BCUT2D eigenvalue weighted by Gasteiger charge is -2.31. The average Bonchev–Trinajstić information content (AvgIpc) is 2.69. The van der Waals surface area contributed by atoms with Gasteiger partial charge in [-0.05, 0) is 37.0 Å².